The zero-order valence-electron chi connectivity index (χ0n) is 10.8. The van der Waals surface area contributed by atoms with Crippen molar-refractivity contribution in [3.8, 4) is 0 Å². The Morgan fingerprint density at radius 2 is 1.95 bits per heavy atom. The average Bonchev–Trinajstić information content (AvgIpc) is 2.90. The van der Waals surface area contributed by atoms with E-state index < -0.39 is 18.1 Å². The first kappa shape index (κ1) is 12.9. The summed E-state index contributed by atoms with van der Waals surface area (Å²) in [5, 5.41) is 22.0. The molecule has 3 atom stereocenters. The molecule has 2 heterocycles. The summed E-state index contributed by atoms with van der Waals surface area (Å²) in [5.74, 6) is -1.10. The summed E-state index contributed by atoms with van der Waals surface area (Å²) < 4.78 is 0. The Kier molecular flexibility index (Phi) is 3.02. The number of β-amino-alcohol motifs (C(OH)–C–C–N with tert-alkyl or cyclic N) is 1. The van der Waals surface area contributed by atoms with Crippen LogP contribution in [0, 0.1) is 11.3 Å². The van der Waals surface area contributed by atoms with Crippen LogP contribution in [0.25, 0.3) is 0 Å². The van der Waals surface area contributed by atoms with E-state index in [0.29, 0.717) is 0 Å². The molecule has 0 aromatic rings. The quantitative estimate of drug-likeness (QED) is 0.623. The number of aliphatic carboxylic acids is 1. The van der Waals surface area contributed by atoms with Gasteiger partial charge in [-0.2, -0.15) is 0 Å². The Balaban J connectivity index is 1.69. The van der Waals surface area contributed by atoms with E-state index in [1.54, 1.807) is 0 Å². The van der Waals surface area contributed by atoms with E-state index in [-0.39, 0.29) is 30.2 Å². The highest BCUT2D eigenvalue weighted by Crippen LogP contribution is 2.59. The third-order valence-corrected chi connectivity index (χ3v) is 4.93. The molecule has 3 aliphatic rings. The minimum Gasteiger partial charge on any atom is -0.480 e. The summed E-state index contributed by atoms with van der Waals surface area (Å²) in [6.07, 6.45) is 2.33. The van der Waals surface area contributed by atoms with Crippen molar-refractivity contribution in [1.82, 2.24) is 10.2 Å². The van der Waals surface area contributed by atoms with Gasteiger partial charge in [-0.15, -0.1) is 0 Å². The van der Waals surface area contributed by atoms with E-state index in [1.807, 2.05) is 0 Å². The number of rotatable bonds is 2. The molecule has 6 heteroatoms. The van der Waals surface area contributed by atoms with Gasteiger partial charge >= 0.3 is 5.97 Å². The van der Waals surface area contributed by atoms with E-state index >= 15 is 0 Å². The maximum absolute atomic E-state index is 12.5. The lowest BCUT2D eigenvalue weighted by Crippen LogP contribution is -2.43. The summed E-state index contributed by atoms with van der Waals surface area (Å²) >= 11 is 0. The number of carbonyl (C=O) groups is 2. The fourth-order valence-electron chi connectivity index (χ4n) is 3.67. The van der Waals surface area contributed by atoms with Crippen molar-refractivity contribution >= 4 is 11.9 Å². The molecule has 3 rings (SSSR count). The minimum atomic E-state index is -1.01. The smallest absolute Gasteiger partial charge is 0.326 e. The van der Waals surface area contributed by atoms with Gasteiger partial charge in [0.1, 0.15) is 6.04 Å². The van der Waals surface area contributed by atoms with Crippen LogP contribution in [0.15, 0.2) is 0 Å². The molecule has 0 bridgehead atoms. The lowest BCUT2D eigenvalue weighted by molar-refractivity contribution is -0.149. The van der Waals surface area contributed by atoms with Crippen molar-refractivity contribution in [3.63, 3.8) is 0 Å². The highest BCUT2D eigenvalue weighted by Gasteiger charge is 2.60. The molecule has 106 valence electrons. The van der Waals surface area contributed by atoms with Gasteiger partial charge in [0.05, 0.1) is 6.10 Å². The lowest BCUT2D eigenvalue weighted by atomic mass is 9.91. The Morgan fingerprint density at radius 3 is 2.58 bits per heavy atom. The zero-order valence-corrected chi connectivity index (χ0v) is 10.8. The van der Waals surface area contributed by atoms with Gasteiger partial charge in [0.2, 0.25) is 5.91 Å². The van der Waals surface area contributed by atoms with Crippen LogP contribution in [0.5, 0.6) is 0 Å². The Bertz CT molecular complexity index is 405. The fourth-order valence-corrected chi connectivity index (χ4v) is 3.67. The van der Waals surface area contributed by atoms with E-state index in [9.17, 15) is 14.7 Å². The number of piperidine rings is 1. The molecule has 0 radical (unpaired) electrons. The van der Waals surface area contributed by atoms with E-state index in [0.717, 1.165) is 32.4 Å². The van der Waals surface area contributed by atoms with Gasteiger partial charge < -0.3 is 20.4 Å². The second kappa shape index (κ2) is 4.45. The first-order valence-corrected chi connectivity index (χ1v) is 6.95. The van der Waals surface area contributed by atoms with Gasteiger partial charge in [0.25, 0.3) is 0 Å². The zero-order chi connectivity index (χ0) is 13.6. The monoisotopic (exact) mass is 268 g/mol. The number of carbonyl (C=O) groups excluding carboxylic acids is 1. The normalized spacial score (nSPS) is 36.5. The van der Waals surface area contributed by atoms with Gasteiger partial charge in [-0.1, -0.05) is 0 Å². The second-order valence-corrected chi connectivity index (χ2v) is 6.10. The van der Waals surface area contributed by atoms with Crippen molar-refractivity contribution in [1.29, 1.82) is 0 Å². The van der Waals surface area contributed by atoms with Crippen LogP contribution in [0.3, 0.4) is 0 Å². The molecular formula is C13H20N2O4. The number of nitrogens with one attached hydrogen (secondary N) is 1. The molecule has 19 heavy (non-hydrogen) atoms. The third-order valence-electron chi connectivity index (χ3n) is 4.93. The number of carboxylic acid groups (broad SMARTS) is 1. The largest absolute Gasteiger partial charge is 0.480 e. The van der Waals surface area contributed by atoms with Crippen LogP contribution in [-0.4, -0.2) is 58.8 Å². The number of hydrogen-bond donors (Lipinski definition) is 3. The Labute approximate surface area is 111 Å². The Morgan fingerprint density at radius 1 is 1.26 bits per heavy atom. The van der Waals surface area contributed by atoms with Crippen LogP contribution in [0.4, 0.5) is 0 Å². The van der Waals surface area contributed by atoms with E-state index in [4.69, 9.17) is 5.11 Å². The molecule has 1 saturated carbocycles. The van der Waals surface area contributed by atoms with Crippen LogP contribution in [0.2, 0.25) is 0 Å². The predicted octanol–water partition coefficient (Wildman–Crippen LogP) is -0.577. The van der Waals surface area contributed by atoms with Crippen LogP contribution in [-0.2, 0) is 9.59 Å². The van der Waals surface area contributed by atoms with Gasteiger partial charge in [-0.05, 0) is 37.8 Å². The molecule has 1 aliphatic carbocycles. The molecule has 2 aliphatic heterocycles. The molecule has 3 N–H and O–H groups in total. The number of amides is 1. The highest BCUT2D eigenvalue weighted by molar-refractivity contribution is 5.88. The molecule has 1 amide bonds. The topological polar surface area (TPSA) is 89.9 Å². The predicted molar refractivity (Wildman–Crippen MR) is 66.4 cm³/mol. The summed E-state index contributed by atoms with van der Waals surface area (Å²) in [5.41, 5.74) is 0.110. The van der Waals surface area contributed by atoms with E-state index in [1.165, 1.54) is 4.90 Å². The minimum absolute atomic E-state index is 0.0262. The van der Waals surface area contributed by atoms with Gasteiger partial charge in [0, 0.05) is 18.9 Å². The fraction of sp³-hybridized carbons (Fsp3) is 0.846. The number of nitrogens with zero attached hydrogens (tertiary/aromatic N) is 1. The molecular weight excluding hydrogens is 248 g/mol. The molecule has 0 aromatic carbocycles. The molecule has 2 unspecified atom stereocenters. The SMILES string of the molecule is O=C(O)[C@@H]1CC(O)CN1C(=O)C1CC12CCNCC2. The molecule has 6 nitrogen and oxygen atoms in total. The molecule has 2 saturated heterocycles. The first-order chi connectivity index (χ1) is 9.03. The number of carboxylic acids is 1. The standard InChI is InChI=1S/C13H20N2O4/c16-8-5-10(12(18)19)15(7-8)11(17)9-6-13(9)1-3-14-4-2-13/h8-10,14,16H,1-7H2,(H,18,19)/t8?,9?,10-/m0/s1. The van der Waals surface area contributed by atoms with Gasteiger partial charge in [-0.25, -0.2) is 4.79 Å². The lowest BCUT2D eigenvalue weighted by Gasteiger charge is -2.26. The summed E-state index contributed by atoms with van der Waals surface area (Å²) in [6, 6.07) is -0.845. The Hall–Kier alpha value is -1.14. The number of likely N-dealkylation sites (tertiary alicyclic amines) is 1. The van der Waals surface area contributed by atoms with Crippen molar-refractivity contribution in [2.75, 3.05) is 19.6 Å². The van der Waals surface area contributed by atoms with Gasteiger partial charge in [0.15, 0.2) is 0 Å². The summed E-state index contributed by atoms with van der Waals surface area (Å²) in [7, 11) is 0. The van der Waals surface area contributed by atoms with Crippen molar-refractivity contribution in [3.05, 3.63) is 0 Å². The number of hydrogen-bond acceptors (Lipinski definition) is 4. The first-order valence-electron chi connectivity index (χ1n) is 6.95. The summed E-state index contributed by atoms with van der Waals surface area (Å²) in [6.45, 7) is 2.05. The van der Waals surface area contributed by atoms with Gasteiger partial charge in [-0.3, -0.25) is 4.79 Å². The van der Waals surface area contributed by atoms with Crippen LogP contribution in [0.1, 0.15) is 25.7 Å². The van der Waals surface area contributed by atoms with Crippen LogP contribution < -0.4 is 5.32 Å². The second-order valence-electron chi connectivity index (χ2n) is 6.10. The van der Waals surface area contributed by atoms with Crippen molar-refractivity contribution in [2.45, 2.75) is 37.8 Å². The molecule has 1 spiro atoms. The molecule has 0 aromatic heterocycles. The highest BCUT2D eigenvalue weighted by atomic mass is 16.4. The maximum atomic E-state index is 12.5. The summed E-state index contributed by atoms with van der Waals surface area (Å²) in [4.78, 5) is 25.0. The van der Waals surface area contributed by atoms with Crippen LogP contribution >= 0.6 is 0 Å². The average molecular weight is 268 g/mol. The third kappa shape index (κ3) is 2.12. The number of aliphatic hydroxyl groups excluding tert-OH is 1. The number of aliphatic hydroxyl groups is 1. The molecule has 3 fully saturated rings. The van der Waals surface area contributed by atoms with Crippen molar-refractivity contribution in [2.24, 2.45) is 11.3 Å². The van der Waals surface area contributed by atoms with E-state index in [2.05, 4.69) is 5.32 Å². The maximum Gasteiger partial charge on any atom is 0.326 e. The van der Waals surface area contributed by atoms with Crippen molar-refractivity contribution < 1.29 is 19.8 Å².